The van der Waals surface area contributed by atoms with Gasteiger partial charge in [0.25, 0.3) is 0 Å². The van der Waals surface area contributed by atoms with E-state index in [-0.39, 0.29) is 12.5 Å². The van der Waals surface area contributed by atoms with Crippen molar-refractivity contribution in [2.24, 2.45) is 0 Å². The molecule has 0 radical (unpaired) electrons. The zero-order chi connectivity index (χ0) is 15.2. The number of carboxylic acids is 1. The summed E-state index contributed by atoms with van der Waals surface area (Å²) >= 11 is 0. The lowest BCUT2D eigenvalue weighted by atomic mass is 9.96. The fraction of sp³-hybridized carbons (Fsp3) is 0.571. The molecule has 6 nitrogen and oxygen atoms in total. The largest absolute Gasteiger partial charge is 0.480 e. The van der Waals surface area contributed by atoms with Gasteiger partial charge in [0.1, 0.15) is 6.61 Å². The van der Waals surface area contributed by atoms with Crippen LogP contribution in [0.3, 0.4) is 0 Å². The summed E-state index contributed by atoms with van der Waals surface area (Å²) in [6.07, 6.45) is 3.36. The molecule has 1 amide bonds. The van der Waals surface area contributed by atoms with Crippen LogP contribution in [0.5, 0.6) is 0 Å². The van der Waals surface area contributed by atoms with Gasteiger partial charge in [-0.05, 0) is 6.92 Å². The van der Waals surface area contributed by atoms with Crippen molar-refractivity contribution in [1.29, 1.82) is 0 Å². The highest BCUT2D eigenvalue weighted by Gasteiger charge is 2.41. The van der Waals surface area contributed by atoms with Crippen LogP contribution in [-0.2, 0) is 14.3 Å². The number of hydrogen-bond donors (Lipinski definition) is 1. The lowest BCUT2D eigenvalue weighted by Crippen LogP contribution is -2.63. The van der Waals surface area contributed by atoms with Crippen LogP contribution in [-0.4, -0.2) is 71.7 Å². The summed E-state index contributed by atoms with van der Waals surface area (Å²) in [6, 6.07) is 0. The first-order chi connectivity index (χ1) is 9.40. The highest BCUT2D eigenvalue weighted by Crippen LogP contribution is 2.24. The van der Waals surface area contributed by atoms with Crippen molar-refractivity contribution in [1.82, 2.24) is 9.80 Å². The molecular weight excluding hydrogens is 260 g/mol. The van der Waals surface area contributed by atoms with E-state index >= 15 is 0 Å². The monoisotopic (exact) mass is 282 g/mol. The Balaban J connectivity index is 2.36. The SMILES string of the molecule is C=CCN(CC=C)C(=O)CN1CC(C)(OCC(=O)O)C1. The van der Waals surface area contributed by atoms with Gasteiger partial charge in [-0.3, -0.25) is 9.69 Å². The summed E-state index contributed by atoms with van der Waals surface area (Å²) in [5.74, 6) is -0.978. The number of aliphatic carboxylic acids is 1. The van der Waals surface area contributed by atoms with Crippen molar-refractivity contribution < 1.29 is 19.4 Å². The summed E-state index contributed by atoms with van der Waals surface area (Å²) < 4.78 is 5.30. The first-order valence-electron chi connectivity index (χ1n) is 6.48. The highest BCUT2D eigenvalue weighted by atomic mass is 16.5. The third-order valence-corrected chi connectivity index (χ3v) is 3.07. The van der Waals surface area contributed by atoms with Crippen molar-refractivity contribution in [2.45, 2.75) is 12.5 Å². The molecule has 0 spiro atoms. The Bertz CT molecular complexity index is 379. The molecule has 1 N–H and O–H groups in total. The number of carboxylic acid groups (broad SMARTS) is 1. The van der Waals surface area contributed by atoms with Crippen LogP contribution in [0.1, 0.15) is 6.92 Å². The molecule has 0 saturated carbocycles. The third-order valence-electron chi connectivity index (χ3n) is 3.07. The summed E-state index contributed by atoms with van der Waals surface area (Å²) in [7, 11) is 0. The van der Waals surface area contributed by atoms with Crippen LogP contribution in [0.2, 0.25) is 0 Å². The molecule has 0 bridgehead atoms. The average molecular weight is 282 g/mol. The van der Waals surface area contributed by atoms with E-state index < -0.39 is 11.6 Å². The fourth-order valence-corrected chi connectivity index (χ4v) is 2.22. The van der Waals surface area contributed by atoms with E-state index in [4.69, 9.17) is 9.84 Å². The minimum absolute atomic E-state index is 0.00471. The van der Waals surface area contributed by atoms with Crippen molar-refractivity contribution in [3.63, 3.8) is 0 Å². The zero-order valence-electron chi connectivity index (χ0n) is 11.9. The molecule has 1 aliphatic heterocycles. The van der Waals surface area contributed by atoms with E-state index in [1.54, 1.807) is 17.1 Å². The molecule has 20 heavy (non-hydrogen) atoms. The molecule has 0 aromatic rings. The summed E-state index contributed by atoms with van der Waals surface area (Å²) in [6.45, 7) is 11.2. The lowest BCUT2D eigenvalue weighted by Gasteiger charge is -2.47. The van der Waals surface area contributed by atoms with Gasteiger partial charge >= 0.3 is 5.97 Å². The Kier molecular flexibility index (Phi) is 5.91. The van der Waals surface area contributed by atoms with E-state index in [0.717, 1.165) is 0 Å². The topological polar surface area (TPSA) is 70.1 Å². The molecule has 1 rings (SSSR count). The number of amides is 1. The lowest BCUT2D eigenvalue weighted by molar-refractivity contribution is -0.167. The van der Waals surface area contributed by atoms with Crippen LogP contribution in [0.25, 0.3) is 0 Å². The highest BCUT2D eigenvalue weighted by molar-refractivity contribution is 5.78. The number of ether oxygens (including phenoxy) is 1. The Morgan fingerprint density at radius 3 is 2.35 bits per heavy atom. The Hall–Kier alpha value is -1.66. The minimum Gasteiger partial charge on any atom is -0.480 e. The number of nitrogens with zero attached hydrogens (tertiary/aromatic N) is 2. The van der Waals surface area contributed by atoms with Crippen LogP contribution in [0.4, 0.5) is 0 Å². The standard InChI is InChI=1S/C14H22N2O4/c1-4-6-16(7-5-2)12(17)8-15-10-14(3,11-15)20-9-13(18)19/h4-5H,1-2,6-11H2,3H3,(H,18,19). The Morgan fingerprint density at radius 2 is 1.90 bits per heavy atom. The van der Waals surface area contributed by atoms with Gasteiger partial charge in [-0.25, -0.2) is 4.79 Å². The predicted octanol–water partition coefficient (Wildman–Crippen LogP) is 0.363. The normalized spacial score (nSPS) is 17.1. The molecule has 0 unspecified atom stereocenters. The molecule has 0 atom stereocenters. The Labute approximate surface area is 119 Å². The smallest absolute Gasteiger partial charge is 0.329 e. The van der Waals surface area contributed by atoms with E-state index in [1.165, 1.54) is 0 Å². The molecule has 0 aliphatic carbocycles. The fourth-order valence-electron chi connectivity index (χ4n) is 2.22. The summed E-state index contributed by atoms with van der Waals surface area (Å²) in [5.41, 5.74) is -0.472. The van der Waals surface area contributed by atoms with Crippen molar-refractivity contribution in [2.75, 3.05) is 39.3 Å². The number of carbonyl (C=O) groups excluding carboxylic acids is 1. The minimum atomic E-state index is -0.983. The van der Waals surface area contributed by atoms with E-state index in [0.29, 0.717) is 32.7 Å². The first kappa shape index (κ1) is 16.4. The van der Waals surface area contributed by atoms with Crippen molar-refractivity contribution in [3.8, 4) is 0 Å². The van der Waals surface area contributed by atoms with Gasteiger partial charge in [-0.2, -0.15) is 0 Å². The Morgan fingerprint density at radius 1 is 1.35 bits per heavy atom. The molecule has 6 heteroatoms. The average Bonchev–Trinajstić information content (AvgIpc) is 2.34. The van der Waals surface area contributed by atoms with Crippen molar-refractivity contribution >= 4 is 11.9 Å². The molecule has 1 saturated heterocycles. The number of carbonyl (C=O) groups is 2. The van der Waals surface area contributed by atoms with Gasteiger partial charge < -0.3 is 14.7 Å². The summed E-state index contributed by atoms with van der Waals surface area (Å²) in [4.78, 5) is 26.1. The quantitative estimate of drug-likeness (QED) is 0.618. The van der Waals surface area contributed by atoms with Gasteiger partial charge in [-0.1, -0.05) is 12.2 Å². The van der Waals surface area contributed by atoms with Crippen LogP contribution in [0, 0.1) is 0 Å². The van der Waals surface area contributed by atoms with E-state index in [1.807, 2.05) is 11.8 Å². The van der Waals surface area contributed by atoms with Crippen LogP contribution < -0.4 is 0 Å². The van der Waals surface area contributed by atoms with Crippen LogP contribution >= 0.6 is 0 Å². The molecule has 0 aromatic heterocycles. The number of likely N-dealkylation sites (tertiary alicyclic amines) is 1. The van der Waals surface area contributed by atoms with Gasteiger partial charge in [0.05, 0.1) is 12.1 Å². The number of rotatable bonds is 9. The maximum atomic E-state index is 12.1. The summed E-state index contributed by atoms with van der Waals surface area (Å²) in [5, 5.41) is 8.58. The molecule has 1 fully saturated rings. The van der Waals surface area contributed by atoms with Gasteiger partial charge in [0.15, 0.2) is 0 Å². The van der Waals surface area contributed by atoms with Gasteiger partial charge in [-0.15, -0.1) is 13.2 Å². The third kappa shape index (κ3) is 4.79. The molecule has 112 valence electrons. The second-order valence-electron chi connectivity index (χ2n) is 5.15. The first-order valence-corrected chi connectivity index (χ1v) is 6.48. The molecule has 0 aromatic carbocycles. The molecule has 1 aliphatic rings. The van der Waals surface area contributed by atoms with Crippen LogP contribution in [0.15, 0.2) is 25.3 Å². The zero-order valence-corrected chi connectivity index (χ0v) is 11.9. The maximum Gasteiger partial charge on any atom is 0.329 e. The number of hydrogen-bond acceptors (Lipinski definition) is 4. The van der Waals surface area contributed by atoms with E-state index in [9.17, 15) is 9.59 Å². The van der Waals surface area contributed by atoms with Crippen molar-refractivity contribution in [3.05, 3.63) is 25.3 Å². The molecule has 1 heterocycles. The molecular formula is C14H22N2O4. The predicted molar refractivity (Wildman–Crippen MR) is 75.4 cm³/mol. The van der Waals surface area contributed by atoms with E-state index in [2.05, 4.69) is 13.2 Å². The van der Waals surface area contributed by atoms with Gasteiger partial charge in [0, 0.05) is 26.2 Å². The second kappa shape index (κ2) is 7.21. The van der Waals surface area contributed by atoms with Gasteiger partial charge in [0.2, 0.25) is 5.91 Å². The maximum absolute atomic E-state index is 12.1. The second-order valence-corrected chi connectivity index (χ2v) is 5.15.